The highest BCUT2D eigenvalue weighted by atomic mass is 27.1. The van der Waals surface area contributed by atoms with Gasteiger partial charge in [0.2, 0.25) is 0 Å². The zero-order chi connectivity index (χ0) is 11.0. The van der Waals surface area contributed by atoms with E-state index in [-0.39, 0.29) is 0 Å². The molecule has 2 heteroatoms. The molecule has 82 valence electrons. The van der Waals surface area contributed by atoms with Gasteiger partial charge in [-0.15, -0.1) is 0 Å². The van der Waals surface area contributed by atoms with Crippen molar-refractivity contribution in [2.75, 3.05) is 6.54 Å². The van der Waals surface area contributed by atoms with Gasteiger partial charge in [-0.25, -0.2) is 0 Å². The van der Waals surface area contributed by atoms with Crippen LogP contribution in [0.3, 0.4) is 0 Å². The highest BCUT2D eigenvalue weighted by molar-refractivity contribution is 6.04. The zero-order valence-electron chi connectivity index (χ0n) is 10.5. The van der Waals surface area contributed by atoms with E-state index in [1.807, 2.05) is 0 Å². The van der Waals surface area contributed by atoms with E-state index in [1.165, 1.54) is 45.1 Å². The Kier molecular flexibility index (Phi) is 8.01. The molecule has 0 bridgehead atoms. The van der Waals surface area contributed by atoms with E-state index in [4.69, 9.17) is 0 Å². The molecule has 0 aliphatic heterocycles. The van der Waals surface area contributed by atoms with Gasteiger partial charge >= 0.3 is 0 Å². The van der Waals surface area contributed by atoms with E-state index in [1.54, 1.807) is 0 Å². The normalized spacial score (nSPS) is 12.4. The van der Waals surface area contributed by atoms with Crippen molar-refractivity contribution in [2.45, 2.75) is 71.8 Å². The Morgan fingerprint density at radius 3 is 1.93 bits per heavy atom. The summed E-state index contributed by atoms with van der Waals surface area (Å²) in [6.07, 6.45) is 7.76. The molecule has 0 amide bonds. The molecule has 0 heterocycles. The SMILES string of the molecule is CCCC[N]([Al])C(CC)(CC)CCC. The summed E-state index contributed by atoms with van der Waals surface area (Å²) in [5, 5.41) is 0. The summed E-state index contributed by atoms with van der Waals surface area (Å²) in [5.41, 5.74) is 0.439. The van der Waals surface area contributed by atoms with E-state index in [2.05, 4.69) is 48.1 Å². The Morgan fingerprint density at radius 1 is 1.00 bits per heavy atom. The summed E-state index contributed by atoms with van der Waals surface area (Å²) < 4.78 is 2.51. The highest BCUT2D eigenvalue weighted by Crippen LogP contribution is 2.27. The van der Waals surface area contributed by atoms with Gasteiger partial charge in [-0.3, -0.25) is 0 Å². The third-order valence-corrected chi connectivity index (χ3v) is 4.20. The Hall–Kier alpha value is 0.492. The van der Waals surface area contributed by atoms with Crippen LogP contribution in [0.25, 0.3) is 0 Å². The molecule has 14 heavy (non-hydrogen) atoms. The van der Waals surface area contributed by atoms with Crippen LogP contribution in [0, 0.1) is 0 Å². The van der Waals surface area contributed by atoms with Crippen LogP contribution >= 0.6 is 0 Å². The molecule has 0 atom stereocenters. The van der Waals surface area contributed by atoms with E-state index in [0.29, 0.717) is 5.54 Å². The average Bonchev–Trinajstić information content (AvgIpc) is 2.22. The fraction of sp³-hybridized carbons (Fsp3) is 1.00. The van der Waals surface area contributed by atoms with Crippen molar-refractivity contribution in [2.24, 2.45) is 0 Å². The maximum Gasteiger partial charge on any atom is 0.256 e. The van der Waals surface area contributed by atoms with Crippen LogP contribution < -0.4 is 0 Å². The van der Waals surface area contributed by atoms with E-state index < -0.39 is 0 Å². The predicted molar refractivity (Wildman–Crippen MR) is 65.6 cm³/mol. The largest absolute Gasteiger partial charge is 0.397 e. The maximum atomic E-state index is 2.95. The molecule has 1 nitrogen and oxygen atoms in total. The molecule has 0 saturated heterocycles. The zero-order valence-corrected chi connectivity index (χ0v) is 11.6. The number of rotatable bonds is 8. The van der Waals surface area contributed by atoms with Crippen molar-refractivity contribution >= 4 is 16.5 Å². The van der Waals surface area contributed by atoms with Crippen LogP contribution in [-0.4, -0.2) is 32.5 Å². The van der Waals surface area contributed by atoms with Gasteiger partial charge in [-0.05, 0) is 37.8 Å². The number of nitrogens with zero attached hydrogens (tertiary/aromatic N) is 1. The van der Waals surface area contributed by atoms with Gasteiger partial charge in [0.25, 0.3) is 16.5 Å². The van der Waals surface area contributed by atoms with Gasteiger partial charge in [0, 0.05) is 0 Å². The molecular formula is C12H26AlN. The molecule has 0 aliphatic carbocycles. The Labute approximate surface area is 98.9 Å². The van der Waals surface area contributed by atoms with Crippen molar-refractivity contribution in [3.8, 4) is 0 Å². The second-order valence-electron chi connectivity index (χ2n) is 4.23. The lowest BCUT2D eigenvalue weighted by molar-refractivity contribution is 0.158. The summed E-state index contributed by atoms with van der Waals surface area (Å²) >= 11 is 2.95. The second-order valence-corrected chi connectivity index (χ2v) is 4.85. The van der Waals surface area contributed by atoms with Gasteiger partial charge in [0.15, 0.2) is 0 Å². The fourth-order valence-electron chi connectivity index (χ4n) is 2.18. The quantitative estimate of drug-likeness (QED) is 0.555. The monoisotopic (exact) mass is 211 g/mol. The highest BCUT2D eigenvalue weighted by Gasteiger charge is 2.27. The summed E-state index contributed by atoms with van der Waals surface area (Å²) in [6.45, 7) is 10.4. The van der Waals surface area contributed by atoms with Crippen LogP contribution in [0.15, 0.2) is 0 Å². The Balaban J connectivity index is 4.28. The average molecular weight is 211 g/mol. The molecule has 0 N–H and O–H groups in total. The van der Waals surface area contributed by atoms with Crippen LogP contribution in [0.4, 0.5) is 0 Å². The Morgan fingerprint density at radius 2 is 1.57 bits per heavy atom. The second kappa shape index (κ2) is 7.74. The molecule has 0 saturated carbocycles. The standard InChI is InChI=1S/C12H26N.Al/c1-5-9-11-13-12(7-3,8-4)10-6-2;/h5-11H2,1-4H3;/q-1;+1. The molecule has 2 radical (unpaired) electrons. The molecule has 0 aromatic carbocycles. The molecule has 0 aromatic heterocycles. The van der Waals surface area contributed by atoms with E-state index >= 15 is 0 Å². The van der Waals surface area contributed by atoms with Crippen LogP contribution in [0.1, 0.15) is 66.2 Å². The first-order chi connectivity index (χ1) is 6.66. The molecule has 0 spiro atoms. The fourth-order valence-corrected chi connectivity index (χ4v) is 2.86. The molecule has 0 aliphatic rings. The minimum absolute atomic E-state index is 0.439. The molecule has 0 unspecified atom stereocenters. The molecule has 0 fully saturated rings. The van der Waals surface area contributed by atoms with Crippen molar-refractivity contribution < 1.29 is 0 Å². The van der Waals surface area contributed by atoms with Gasteiger partial charge < -0.3 is 3.88 Å². The summed E-state index contributed by atoms with van der Waals surface area (Å²) in [6, 6.07) is 0. The van der Waals surface area contributed by atoms with Gasteiger partial charge in [0.05, 0.1) is 0 Å². The lowest BCUT2D eigenvalue weighted by Gasteiger charge is -2.43. The maximum absolute atomic E-state index is 2.95. The molecule has 0 rings (SSSR count). The summed E-state index contributed by atoms with van der Waals surface area (Å²) in [5.74, 6) is 0. The topological polar surface area (TPSA) is 3.24 Å². The van der Waals surface area contributed by atoms with Crippen LogP contribution in [0.2, 0.25) is 0 Å². The third-order valence-electron chi connectivity index (χ3n) is 3.39. The lowest BCUT2D eigenvalue weighted by atomic mass is 9.87. The van der Waals surface area contributed by atoms with Crippen LogP contribution in [-0.2, 0) is 0 Å². The van der Waals surface area contributed by atoms with Crippen molar-refractivity contribution in [1.82, 2.24) is 3.88 Å². The van der Waals surface area contributed by atoms with Gasteiger partial charge in [-0.1, -0.05) is 40.5 Å². The first kappa shape index (κ1) is 14.5. The lowest BCUT2D eigenvalue weighted by Crippen LogP contribution is -2.46. The number of hydrogen-bond donors (Lipinski definition) is 0. The predicted octanol–water partition coefficient (Wildman–Crippen LogP) is 3.53. The molecule has 0 aromatic rings. The first-order valence-electron chi connectivity index (χ1n) is 6.19. The van der Waals surface area contributed by atoms with Gasteiger partial charge in [0.1, 0.15) is 0 Å². The number of hydrogen-bond acceptors (Lipinski definition) is 1. The van der Waals surface area contributed by atoms with Crippen molar-refractivity contribution in [1.29, 1.82) is 0 Å². The minimum Gasteiger partial charge on any atom is -0.397 e. The third kappa shape index (κ3) is 3.93. The van der Waals surface area contributed by atoms with E-state index in [0.717, 1.165) is 0 Å². The summed E-state index contributed by atoms with van der Waals surface area (Å²) in [7, 11) is 0. The smallest absolute Gasteiger partial charge is 0.256 e. The van der Waals surface area contributed by atoms with Gasteiger partial charge in [-0.2, -0.15) is 0 Å². The molecular weight excluding hydrogens is 185 g/mol. The Bertz CT molecular complexity index is 132. The first-order valence-corrected chi connectivity index (χ1v) is 6.70. The van der Waals surface area contributed by atoms with Crippen molar-refractivity contribution in [3.63, 3.8) is 0 Å². The van der Waals surface area contributed by atoms with Crippen LogP contribution in [0.5, 0.6) is 0 Å². The summed E-state index contributed by atoms with van der Waals surface area (Å²) in [4.78, 5) is 0. The minimum atomic E-state index is 0.439. The number of unbranched alkanes of at least 4 members (excludes halogenated alkanes) is 1. The van der Waals surface area contributed by atoms with E-state index in [9.17, 15) is 0 Å². The van der Waals surface area contributed by atoms with Crippen molar-refractivity contribution in [3.05, 3.63) is 0 Å².